The highest BCUT2D eigenvalue weighted by atomic mass is 16.7. The minimum atomic E-state index is -0.227. The summed E-state index contributed by atoms with van der Waals surface area (Å²) in [5.41, 5.74) is 2.94. The highest BCUT2D eigenvalue weighted by Gasteiger charge is 2.06. The van der Waals surface area contributed by atoms with E-state index in [-0.39, 0.29) is 6.29 Å². The molecular formula is C13H21NO3. The zero-order valence-corrected chi connectivity index (χ0v) is 10.9. The Hall–Kier alpha value is -1.10. The van der Waals surface area contributed by atoms with Gasteiger partial charge in [0.05, 0.1) is 0 Å². The Morgan fingerprint density at radius 2 is 1.71 bits per heavy atom. The second-order valence-electron chi connectivity index (χ2n) is 4.11. The summed E-state index contributed by atoms with van der Waals surface area (Å²) >= 11 is 0. The summed E-state index contributed by atoms with van der Waals surface area (Å²) in [4.78, 5) is 0. The van der Waals surface area contributed by atoms with Crippen LogP contribution in [0.4, 0.5) is 0 Å². The minimum absolute atomic E-state index is 0.227. The summed E-state index contributed by atoms with van der Waals surface area (Å²) < 4.78 is 10.2. The predicted molar refractivity (Wildman–Crippen MR) is 67.1 cm³/mol. The average Bonchev–Trinajstić information content (AvgIpc) is 2.31. The van der Waals surface area contributed by atoms with E-state index < -0.39 is 0 Å². The highest BCUT2D eigenvalue weighted by molar-refractivity contribution is 5.42. The maximum Gasteiger partial charge on any atom is 0.169 e. The van der Waals surface area contributed by atoms with E-state index in [4.69, 9.17) is 9.47 Å². The molecule has 0 heterocycles. The van der Waals surface area contributed by atoms with E-state index in [1.807, 2.05) is 26.0 Å². The van der Waals surface area contributed by atoms with Gasteiger partial charge in [-0.1, -0.05) is 12.1 Å². The molecule has 0 atom stereocenters. The quantitative estimate of drug-likeness (QED) is 0.742. The van der Waals surface area contributed by atoms with Crippen LogP contribution in [-0.2, 0) is 16.0 Å². The molecule has 0 bridgehead atoms. The van der Waals surface area contributed by atoms with Crippen molar-refractivity contribution in [2.45, 2.75) is 26.7 Å². The first kappa shape index (κ1) is 14.0. The molecule has 1 aromatic rings. The summed E-state index contributed by atoms with van der Waals surface area (Å²) in [6, 6.07) is 3.95. The number of methoxy groups -OCH3 is 2. The van der Waals surface area contributed by atoms with Crippen LogP contribution >= 0.6 is 0 Å². The number of hydrogen-bond donors (Lipinski definition) is 2. The highest BCUT2D eigenvalue weighted by Crippen LogP contribution is 2.22. The van der Waals surface area contributed by atoms with Crippen molar-refractivity contribution in [1.82, 2.24) is 5.32 Å². The normalized spacial score (nSPS) is 11.1. The zero-order valence-electron chi connectivity index (χ0n) is 10.9. The molecule has 0 aliphatic carbocycles. The second kappa shape index (κ2) is 6.59. The van der Waals surface area contributed by atoms with Crippen LogP contribution in [0, 0.1) is 13.8 Å². The monoisotopic (exact) mass is 239 g/mol. The molecule has 2 N–H and O–H groups in total. The van der Waals surface area contributed by atoms with Crippen molar-refractivity contribution in [3.8, 4) is 5.75 Å². The number of phenolic OH excluding ortho intramolecular Hbond substituents is 1. The van der Waals surface area contributed by atoms with Crippen LogP contribution < -0.4 is 5.32 Å². The molecule has 0 amide bonds. The van der Waals surface area contributed by atoms with Gasteiger partial charge >= 0.3 is 0 Å². The number of hydrogen-bond acceptors (Lipinski definition) is 4. The summed E-state index contributed by atoms with van der Waals surface area (Å²) in [5, 5.41) is 12.9. The molecule has 0 fully saturated rings. The number of phenols is 1. The Bertz CT molecular complexity index is 339. The number of aryl methyl sites for hydroxylation is 2. The molecule has 1 rings (SSSR count). The van der Waals surface area contributed by atoms with E-state index in [9.17, 15) is 5.11 Å². The van der Waals surface area contributed by atoms with Crippen molar-refractivity contribution < 1.29 is 14.6 Å². The van der Waals surface area contributed by atoms with Gasteiger partial charge in [-0.05, 0) is 30.5 Å². The topological polar surface area (TPSA) is 50.7 Å². The van der Waals surface area contributed by atoms with Crippen molar-refractivity contribution in [1.29, 1.82) is 0 Å². The van der Waals surface area contributed by atoms with Crippen LogP contribution in [0.25, 0.3) is 0 Å². The summed E-state index contributed by atoms with van der Waals surface area (Å²) in [6.07, 6.45) is -0.227. The van der Waals surface area contributed by atoms with E-state index in [1.165, 1.54) is 0 Å². The molecule has 0 aliphatic rings. The summed E-state index contributed by atoms with van der Waals surface area (Å²) in [5.74, 6) is 0.375. The molecule has 0 aliphatic heterocycles. The van der Waals surface area contributed by atoms with Crippen LogP contribution in [-0.4, -0.2) is 32.2 Å². The van der Waals surface area contributed by atoms with Crippen molar-refractivity contribution >= 4 is 0 Å². The Morgan fingerprint density at radius 3 is 2.18 bits per heavy atom. The van der Waals surface area contributed by atoms with Crippen molar-refractivity contribution in [2.24, 2.45) is 0 Å². The van der Waals surface area contributed by atoms with Gasteiger partial charge in [0.15, 0.2) is 6.29 Å². The molecule has 1 aromatic carbocycles. The lowest BCUT2D eigenvalue weighted by Crippen LogP contribution is -2.29. The molecule has 0 unspecified atom stereocenters. The Balaban J connectivity index is 2.52. The second-order valence-corrected chi connectivity index (χ2v) is 4.11. The molecule has 0 aromatic heterocycles. The van der Waals surface area contributed by atoms with Crippen LogP contribution in [0.1, 0.15) is 16.7 Å². The standard InChI is InChI=1S/C13H21NO3/c1-9-5-11(6-10(2)13(9)15)7-14-8-12(16-3)17-4/h5-6,12,14-15H,7-8H2,1-4H3. The van der Waals surface area contributed by atoms with Crippen LogP contribution in [0.2, 0.25) is 0 Å². The molecule has 0 spiro atoms. The fourth-order valence-corrected chi connectivity index (χ4v) is 1.74. The SMILES string of the molecule is COC(CNCc1cc(C)c(O)c(C)c1)OC. The first-order chi connectivity index (χ1) is 8.08. The number of benzene rings is 1. The van der Waals surface area contributed by atoms with Crippen LogP contribution in [0.15, 0.2) is 12.1 Å². The maximum atomic E-state index is 9.66. The predicted octanol–water partition coefficient (Wildman–Crippen LogP) is 1.72. The van der Waals surface area contributed by atoms with Gasteiger partial charge in [0, 0.05) is 27.3 Å². The Labute approximate surface area is 103 Å². The van der Waals surface area contributed by atoms with E-state index in [0.29, 0.717) is 12.3 Å². The van der Waals surface area contributed by atoms with Gasteiger partial charge in [-0.25, -0.2) is 0 Å². The van der Waals surface area contributed by atoms with E-state index in [2.05, 4.69) is 5.32 Å². The van der Waals surface area contributed by atoms with Crippen LogP contribution in [0.3, 0.4) is 0 Å². The van der Waals surface area contributed by atoms with Gasteiger partial charge in [-0.3, -0.25) is 0 Å². The lowest BCUT2D eigenvalue weighted by atomic mass is 10.1. The lowest BCUT2D eigenvalue weighted by molar-refractivity contribution is -0.0989. The van der Waals surface area contributed by atoms with Gasteiger partial charge < -0.3 is 19.9 Å². The molecule has 96 valence electrons. The smallest absolute Gasteiger partial charge is 0.169 e. The molecule has 0 radical (unpaired) electrons. The molecule has 0 saturated heterocycles. The maximum absolute atomic E-state index is 9.66. The number of aromatic hydroxyl groups is 1. The molecule has 4 nitrogen and oxygen atoms in total. The number of nitrogens with one attached hydrogen (secondary N) is 1. The number of ether oxygens (including phenoxy) is 2. The zero-order chi connectivity index (χ0) is 12.8. The molecular weight excluding hydrogens is 218 g/mol. The lowest BCUT2D eigenvalue weighted by Gasteiger charge is -2.14. The van der Waals surface area contributed by atoms with E-state index in [1.54, 1.807) is 14.2 Å². The third-order valence-electron chi connectivity index (χ3n) is 2.72. The van der Waals surface area contributed by atoms with Crippen molar-refractivity contribution in [3.63, 3.8) is 0 Å². The van der Waals surface area contributed by atoms with Gasteiger partial charge in [0.2, 0.25) is 0 Å². The van der Waals surface area contributed by atoms with E-state index >= 15 is 0 Å². The van der Waals surface area contributed by atoms with Crippen molar-refractivity contribution in [3.05, 3.63) is 28.8 Å². The largest absolute Gasteiger partial charge is 0.507 e. The number of rotatable bonds is 6. The fourth-order valence-electron chi connectivity index (χ4n) is 1.74. The molecule has 17 heavy (non-hydrogen) atoms. The fraction of sp³-hybridized carbons (Fsp3) is 0.538. The Morgan fingerprint density at radius 1 is 1.18 bits per heavy atom. The van der Waals surface area contributed by atoms with Gasteiger partial charge in [-0.15, -0.1) is 0 Å². The van der Waals surface area contributed by atoms with Crippen LogP contribution in [0.5, 0.6) is 5.75 Å². The van der Waals surface area contributed by atoms with E-state index in [0.717, 1.165) is 23.2 Å². The molecule has 0 saturated carbocycles. The third kappa shape index (κ3) is 4.00. The Kier molecular flexibility index (Phi) is 5.41. The first-order valence-corrected chi connectivity index (χ1v) is 5.64. The molecule has 4 heteroatoms. The minimum Gasteiger partial charge on any atom is -0.507 e. The third-order valence-corrected chi connectivity index (χ3v) is 2.72. The van der Waals surface area contributed by atoms with Gasteiger partial charge in [0.25, 0.3) is 0 Å². The first-order valence-electron chi connectivity index (χ1n) is 5.64. The van der Waals surface area contributed by atoms with Crippen molar-refractivity contribution in [2.75, 3.05) is 20.8 Å². The summed E-state index contributed by atoms with van der Waals surface area (Å²) in [6.45, 7) is 5.16. The summed E-state index contributed by atoms with van der Waals surface area (Å²) in [7, 11) is 3.23. The average molecular weight is 239 g/mol. The van der Waals surface area contributed by atoms with Gasteiger partial charge in [-0.2, -0.15) is 0 Å². The van der Waals surface area contributed by atoms with Gasteiger partial charge in [0.1, 0.15) is 5.75 Å².